The molecule has 2 saturated carbocycles. The number of nitrogens with zero attached hydrogens (tertiary/aromatic N) is 3. The van der Waals surface area contributed by atoms with Crippen LogP contribution in [0.2, 0.25) is 0 Å². The molecule has 1 N–H and O–H groups in total. The van der Waals surface area contributed by atoms with Crippen molar-refractivity contribution in [2.45, 2.75) is 95.7 Å². The fourth-order valence-corrected chi connectivity index (χ4v) is 6.29. The summed E-state index contributed by atoms with van der Waals surface area (Å²) in [6.45, 7) is 0.818. The maximum absolute atomic E-state index is 14.0. The number of carbonyl (C=O) groups is 2. The van der Waals surface area contributed by atoms with E-state index in [1.54, 1.807) is 0 Å². The van der Waals surface area contributed by atoms with Crippen LogP contribution in [0.3, 0.4) is 0 Å². The smallest absolute Gasteiger partial charge is 0.243 e. The number of benzene rings is 2. The largest absolute Gasteiger partial charge is 0.355 e. The molecule has 0 atom stereocenters. The third-order valence-corrected chi connectivity index (χ3v) is 8.13. The first-order chi connectivity index (χ1) is 18.2. The van der Waals surface area contributed by atoms with E-state index in [-0.39, 0.29) is 11.8 Å². The van der Waals surface area contributed by atoms with Crippen molar-refractivity contribution in [3.05, 3.63) is 66.0 Å². The van der Waals surface area contributed by atoms with Gasteiger partial charge in [-0.1, -0.05) is 81.0 Å². The van der Waals surface area contributed by atoms with Crippen LogP contribution in [0.15, 0.2) is 54.6 Å². The first-order valence-corrected chi connectivity index (χ1v) is 14.2. The van der Waals surface area contributed by atoms with Gasteiger partial charge in [0.25, 0.3) is 0 Å². The zero-order valence-corrected chi connectivity index (χ0v) is 21.9. The Morgan fingerprint density at radius 2 is 1.46 bits per heavy atom. The lowest BCUT2D eigenvalue weighted by Gasteiger charge is -2.42. The highest BCUT2D eigenvalue weighted by Crippen LogP contribution is 2.31. The SMILES string of the molecule is O=C(Cc1ccccc1)NCCc1nc2ccccc2n1CC(=O)N(C1CCCCC1)C1CCCCC1. The minimum Gasteiger partial charge on any atom is -0.355 e. The number of aromatic nitrogens is 2. The van der Waals surface area contributed by atoms with E-state index in [2.05, 4.69) is 20.9 Å². The highest BCUT2D eigenvalue weighted by molar-refractivity contribution is 5.82. The summed E-state index contributed by atoms with van der Waals surface area (Å²) < 4.78 is 2.10. The predicted octanol–water partition coefficient (Wildman–Crippen LogP) is 5.43. The van der Waals surface area contributed by atoms with Gasteiger partial charge in [-0.25, -0.2) is 4.98 Å². The Morgan fingerprint density at radius 3 is 2.14 bits per heavy atom. The quantitative estimate of drug-likeness (QED) is 0.426. The molecule has 0 saturated heterocycles. The van der Waals surface area contributed by atoms with Crippen LogP contribution >= 0.6 is 0 Å². The Kier molecular flexibility index (Phi) is 8.54. The number of rotatable bonds is 9. The fraction of sp³-hybridized carbons (Fsp3) is 0.516. The van der Waals surface area contributed by atoms with Gasteiger partial charge in [-0.15, -0.1) is 0 Å². The minimum absolute atomic E-state index is 0.00529. The molecule has 2 aliphatic carbocycles. The molecule has 1 heterocycles. The van der Waals surface area contributed by atoms with Gasteiger partial charge in [0.05, 0.1) is 17.5 Å². The lowest BCUT2D eigenvalue weighted by Crippen LogP contribution is -2.50. The van der Waals surface area contributed by atoms with Gasteiger partial charge in [0.1, 0.15) is 12.4 Å². The normalized spacial score (nSPS) is 17.1. The van der Waals surface area contributed by atoms with Crippen LogP contribution in [0, 0.1) is 0 Å². The highest BCUT2D eigenvalue weighted by Gasteiger charge is 2.33. The van der Waals surface area contributed by atoms with Gasteiger partial charge < -0.3 is 14.8 Å². The topological polar surface area (TPSA) is 67.2 Å². The third kappa shape index (κ3) is 6.41. The maximum atomic E-state index is 14.0. The van der Waals surface area contributed by atoms with Crippen molar-refractivity contribution >= 4 is 22.8 Å². The monoisotopic (exact) mass is 500 g/mol. The summed E-state index contributed by atoms with van der Waals surface area (Å²) in [4.78, 5) is 33.6. The van der Waals surface area contributed by atoms with Gasteiger partial charge in [0.15, 0.2) is 0 Å². The van der Waals surface area contributed by atoms with Gasteiger partial charge in [-0.3, -0.25) is 9.59 Å². The standard InChI is InChI=1S/C31H40N4O2/c36-30(22-24-12-4-1-5-13-24)32-21-20-29-33-27-18-10-11-19-28(27)34(29)23-31(37)35(25-14-6-2-7-15-25)26-16-8-3-9-17-26/h1,4-5,10-13,18-19,25-26H,2-3,6-9,14-17,20-23H2,(H,32,36). The number of amides is 2. The molecular formula is C31H40N4O2. The number of carbonyl (C=O) groups excluding carboxylic acids is 2. The average Bonchev–Trinajstić information content (AvgIpc) is 3.27. The summed E-state index contributed by atoms with van der Waals surface area (Å²) in [6.07, 6.45) is 13.0. The van der Waals surface area contributed by atoms with Crippen LogP contribution in [0.4, 0.5) is 0 Å². The molecule has 6 heteroatoms. The lowest BCUT2D eigenvalue weighted by molar-refractivity contribution is -0.138. The fourth-order valence-electron chi connectivity index (χ4n) is 6.29. The number of fused-ring (bicyclic) bond motifs is 1. The average molecular weight is 501 g/mol. The Labute approximate surface area is 220 Å². The Morgan fingerprint density at radius 1 is 0.838 bits per heavy atom. The van der Waals surface area contributed by atoms with Crippen LogP contribution in [0.1, 0.15) is 75.6 Å². The number of imidazole rings is 1. The summed E-state index contributed by atoms with van der Waals surface area (Å²) in [6, 6.07) is 18.6. The molecule has 2 aromatic carbocycles. The zero-order chi connectivity index (χ0) is 25.5. The molecule has 0 spiro atoms. The second-order valence-electron chi connectivity index (χ2n) is 10.7. The molecule has 5 rings (SSSR count). The van der Waals surface area contributed by atoms with Gasteiger partial charge in [-0.2, -0.15) is 0 Å². The van der Waals surface area contributed by atoms with Crippen LogP contribution in [-0.2, 0) is 29.0 Å². The lowest BCUT2D eigenvalue weighted by atomic mass is 9.88. The molecule has 2 fully saturated rings. The van der Waals surface area contributed by atoms with E-state index in [1.807, 2.05) is 48.5 Å². The van der Waals surface area contributed by atoms with Crippen molar-refractivity contribution < 1.29 is 9.59 Å². The summed E-state index contributed by atoms with van der Waals surface area (Å²) in [5.41, 5.74) is 2.90. The number of nitrogens with one attached hydrogen (secondary N) is 1. The van der Waals surface area contributed by atoms with E-state index in [1.165, 1.54) is 38.5 Å². The van der Waals surface area contributed by atoms with Crippen molar-refractivity contribution in [2.24, 2.45) is 0 Å². The second-order valence-corrected chi connectivity index (χ2v) is 10.7. The van der Waals surface area contributed by atoms with Gasteiger partial charge in [0.2, 0.25) is 11.8 Å². The third-order valence-electron chi connectivity index (χ3n) is 8.13. The van der Waals surface area contributed by atoms with Crippen LogP contribution in [-0.4, -0.2) is 44.9 Å². The molecular weight excluding hydrogens is 460 g/mol. The zero-order valence-electron chi connectivity index (χ0n) is 21.9. The molecule has 0 radical (unpaired) electrons. The summed E-state index contributed by atoms with van der Waals surface area (Å²) in [7, 11) is 0. The first-order valence-electron chi connectivity index (χ1n) is 14.2. The summed E-state index contributed by atoms with van der Waals surface area (Å²) in [5, 5.41) is 3.04. The minimum atomic E-state index is 0.00529. The van der Waals surface area contributed by atoms with Crippen LogP contribution in [0.25, 0.3) is 11.0 Å². The van der Waals surface area contributed by atoms with Crippen molar-refractivity contribution in [1.82, 2.24) is 19.8 Å². The Bertz CT molecular complexity index is 1160. The second kappa shape index (κ2) is 12.4. The molecule has 37 heavy (non-hydrogen) atoms. The van der Waals surface area contributed by atoms with Crippen molar-refractivity contribution in [3.63, 3.8) is 0 Å². The van der Waals surface area contributed by atoms with Crippen molar-refractivity contribution in [3.8, 4) is 0 Å². The van der Waals surface area contributed by atoms with Gasteiger partial charge >= 0.3 is 0 Å². The molecule has 6 nitrogen and oxygen atoms in total. The Hall–Kier alpha value is -3.15. The molecule has 3 aromatic rings. The number of hydrogen-bond donors (Lipinski definition) is 1. The van der Waals surface area contributed by atoms with E-state index in [4.69, 9.17) is 4.98 Å². The number of hydrogen-bond acceptors (Lipinski definition) is 3. The Balaban J connectivity index is 1.30. The highest BCUT2D eigenvalue weighted by atomic mass is 16.2. The molecule has 1 aromatic heterocycles. The molecule has 0 aliphatic heterocycles. The van der Waals surface area contributed by atoms with E-state index in [9.17, 15) is 9.59 Å². The van der Waals surface area contributed by atoms with E-state index >= 15 is 0 Å². The molecule has 2 aliphatic rings. The predicted molar refractivity (Wildman–Crippen MR) is 147 cm³/mol. The molecule has 0 unspecified atom stereocenters. The van der Waals surface area contributed by atoms with Crippen molar-refractivity contribution in [2.75, 3.05) is 6.54 Å². The van der Waals surface area contributed by atoms with Crippen LogP contribution in [0.5, 0.6) is 0 Å². The van der Waals surface area contributed by atoms with Gasteiger partial charge in [-0.05, 0) is 43.4 Å². The van der Waals surface area contributed by atoms with E-state index in [0.717, 1.165) is 48.1 Å². The number of para-hydroxylation sites is 2. The van der Waals surface area contributed by atoms with E-state index < -0.39 is 0 Å². The first kappa shape index (κ1) is 25.5. The summed E-state index contributed by atoms with van der Waals surface area (Å²) in [5.74, 6) is 1.10. The maximum Gasteiger partial charge on any atom is 0.243 e. The van der Waals surface area contributed by atoms with Crippen molar-refractivity contribution in [1.29, 1.82) is 0 Å². The molecule has 0 bridgehead atoms. The van der Waals surface area contributed by atoms with Crippen LogP contribution < -0.4 is 5.32 Å². The molecule has 196 valence electrons. The molecule has 2 amide bonds. The summed E-state index contributed by atoms with van der Waals surface area (Å²) >= 11 is 0. The van der Waals surface area contributed by atoms with E-state index in [0.29, 0.717) is 38.0 Å². The van der Waals surface area contributed by atoms with Gasteiger partial charge in [0, 0.05) is 25.0 Å².